The summed E-state index contributed by atoms with van der Waals surface area (Å²) in [5.74, 6) is 0.986. The quantitative estimate of drug-likeness (QED) is 0.328. The third-order valence-corrected chi connectivity index (χ3v) is 11.3. The number of fused-ring (bicyclic) bond motifs is 5. The van der Waals surface area contributed by atoms with Crippen molar-refractivity contribution in [3.8, 4) is 29.4 Å². The molecule has 1 unspecified atom stereocenters. The fourth-order valence-electron chi connectivity index (χ4n) is 8.94. The molecule has 2 N–H and O–H groups in total. The highest BCUT2D eigenvalue weighted by molar-refractivity contribution is 6.02. The number of hydrogen-bond acceptors (Lipinski definition) is 9. The lowest BCUT2D eigenvalue weighted by Gasteiger charge is -2.49. The van der Waals surface area contributed by atoms with Gasteiger partial charge in [0.1, 0.15) is 29.1 Å². The van der Waals surface area contributed by atoms with Crippen molar-refractivity contribution in [2.45, 2.75) is 80.7 Å². The Bertz CT molecular complexity index is 1900. The number of phenolic OH excluding ortho intramolecular Hbond substituents is 1. The van der Waals surface area contributed by atoms with E-state index in [1.165, 1.54) is 30.5 Å². The summed E-state index contributed by atoms with van der Waals surface area (Å²) in [6.45, 7) is 3.16. The molecule has 3 aromatic rings. The minimum absolute atomic E-state index is 0.0366. The smallest absolute Gasteiger partial charge is 0.242 e. The number of aromatic nitrogens is 1. The van der Waals surface area contributed by atoms with E-state index in [-0.39, 0.29) is 51.8 Å². The molecule has 5 aliphatic heterocycles. The Labute approximate surface area is 283 Å². The number of alkyl halides is 1. The number of nitrogens with zero attached hydrogens (tertiary/aromatic N) is 5. The molecule has 0 amide bonds. The molecule has 9 nitrogen and oxygen atoms in total. The molecule has 5 fully saturated rings. The Morgan fingerprint density at radius 1 is 1.10 bits per heavy atom. The van der Waals surface area contributed by atoms with Crippen LogP contribution in [-0.4, -0.2) is 101 Å². The van der Waals surface area contributed by atoms with Gasteiger partial charge in [0.05, 0.1) is 30.4 Å². The topological polar surface area (TPSA) is 85.7 Å². The summed E-state index contributed by atoms with van der Waals surface area (Å²) in [4.78, 5) is 11.5. The molecule has 0 spiro atoms. The van der Waals surface area contributed by atoms with Crippen LogP contribution < -0.4 is 10.3 Å². The van der Waals surface area contributed by atoms with Crippen LogP contribution in [0.4, 0.5) is 18.9 Å². The zero-order valence-electron chi connectivity index (χ0n) is 27.2. The van der Waals surface area contributed by atoms with Crippen LogP contribution in [0.3, 0.4) is 0 Å². The predicted molar refractivity (Wildman–Crippen MR) is 179 cm³/mol. The van der Waals surface area contributed by atoms with Crippen LogP contribution in [0.15, 0.2) is 35.5 Å². The number of ether oxygens (including phenoxy) is 2. The summed E-state index contributed by atoms with van der Waals surface area (Å²) < 4.78 is 60.0. The molecular weight excluding hydrogens is 633 g/mol. The molecule has 0 radical (unpaired) electrons. The van der Waals surface area contributed by atoms with E-state index in [9.17, 15) is 13.9 Å². The van der Waals surface area contributed by atoms with Gasteiger partial charge in [0.25, 0.3) is 0 Å². The monoisotopic (exact) mass is 672 g/mol. The van der Waals surface area contributed by atoms with Gasteiger partial charge in [-0.15, -0.1) is 6.42 Å². The molecule has 12 heteroatoms. The summed E-state index contributed by atoms with van der Waals surface area (Å²) in [5, 5.41) is 19.1. The number of terminal acetylenes is 1. The SMILES string of the molecule is C#Cc1c(F)ccc2cc(O)cc(-c3ncc4c(c3F)N(N3C[C@@H]5CC[C@](COC6CC6)(C3)N5)C(OC[C@@]35CCCN3C[C@H](F)C5)N=C4)c12. The maximum absolute atomic E-state index is 17.4. The summed E-state index contributed by atoms with van der Waals surface area (Å²) >= 11 is 0. The van der Waals surface area contributed by atoms with Gasteiger partial charge in [-0.3, -0.25) is 14.9 Å². The normalized spacial score (nSPS) is 31.0. The number of rotatable bonds is 8. The van der Waals surface area contributed by atoms with Gasteiger partial charge >= 0.3 is 0 Å². The Hall–Kier alpha value is -3.73. The number of nitrogens with one attached hydrogen (secondary N) is 1. The second kappa shape index (κ2) is 11.7. The standard InChI is InChI=1S/C37H39F3N6O3/c1-2-28-30(39)7-4-22-12-26(47)13-29(31(22)28)33-32(40)34-23(15-41-33)16-42-35(49-21-37-9-3-11-44(37)17-24(38)14-37)46(34)45-18-25-8-10-36(19-45,43-25)20-48-27-5-6-27/h1,4,7,12-13,15-16,24-25,27,35,43,47H,3,5-6,8-11,14,17-21H2/t24-,25+,35?,36-,37+/m1/s1. The summed E-state index contributed by atoms with van der Waals surface area (Å²) in [7, 11) is 0. The maximum atomic E-state index is 17.4. The summed E-state index contributed by atoms with van der Waals surface area (Å²) in [6, 6.07) is 5.73. The first-order valence-electron chi connectivity index (χ1n) is 17.3. The van der Waals surface area contributed by atoms with Crippen LogP contribution in [-0.2, 0) is 9.47 Å². The number of hydrazine groups is 1. The highest BCUT2D eigenvalue weighted by atomic mass is 19.1. The van der Waals surface area contributed by atoms with Gasteiger partial charge < -0.3 is 19.9 Å². The molecule has 6 heterocycles. The van der Waals surface area contributed by atoms with Crippen molar-refractivity contribution in [3.05, 3.63) is 53.2 Å². The lowest BCUT2D eigenvalue weighted by atomic mass is 9.95. The summed E-state index contributed by atoms with van der Waals surface area (Å²) in [6.07, 6.45) is 13.5. The van der Waals surface area contributed by atoms with Crippen molar-refractivity contribution in [1.82, 2.24) is 20.2 Å². The van der Waals surface area contributed by atoms with E-state index in [0.717, 1.165) is 45.1 Å². The molecule has 1 aliphatic carbocycles. The van der Waals surface area contributed by atoms with E-state index < -0.39 is 29.7 Å². The van der Waals surface area contributed by atoms with E-state index >= 15 is 4.39 Å². The largest absolute Gasteiger partial charge is 0.508 e. The molecular formula is C37H39F3N6O3. The van der Waals surface area contributed by atoms with Crippen LogP contribution in [0.1, 0.15) is 56.1 Å². The van der Waals surface area contributed by atoms with E-state index in [1.807, 2.05) is 0 Å². The van der Waals surface area contributed by atoms with Crippen LogP contribution in [0.5, 0.6) is 5.75 Å². The third-order valence-electron chi connectivity index (χ3n) is 11.3. The van der Waals surface area contributed by atoms with Crippen LogP contribution in [0.2, 0.25) is 0 Å². The van der Waals surface area contributed by atoms with Crippen molar-refractivity contribution < 1.29 is 27.8 Å². The van der Waals surface area contributed by atoms with Gasteiger partial charge in [-0.1, -0.05) is 12.0 Å². The van der Waals surface area contributed by atoms with Crippen LogP contribution in [0.25, 0.3) is 22.0 Å². The van der Waals surface area contributed by atoms with E-state index in [0.29, 0.717) is 49.7 Å². The van der Waals surface area contributed by atoms with Gasteiger partial charge in [0.15, 0.2) is 5.82 Å². The number of hydrogen-bond donors (Lipinski definition) is 2. The molecule has 9 rings (SSSR count). The van der Waals surface area contributed by atoms with Gasteiger partial charge in [-0.05, 0) is 68.7 Å². The first-order valence-corrected chi connectivity index (χ1v) is 17.3. The third kappa shape index (κ3) is 5.29. The molecule has 256 valence electrons. The van der Waals surface area contributed by atoms with E-state index in [1.54, 1.807) is 11.2 Å². The second-order valence-corrected chi connectivity index (χ2v) is 14.7. The fourth-order valence-corrected chi connectivity index (χ4v) is 8.94. The van der Waals surface area contributed by atoms with Crippen molar-refractivity contribution in [2.75, 3.05) is 44.4 Å². The number of anilines is 1. The maximum Gasteiger partial charge on any atom is 0.242 e. The first kappa shape index (κ1) is 31.3. The number of halogens is 3. The Morgan fingerprint density at radius 2 is 1.98 bits per heavy atom. The van der Waals surface area contributed by atoms with Gasteiger partial charge in [0.2, 0.25) is 6.35 Å². The number of benzene rings is 2. The molecule has 5 atom stereocenters. The second-order valence-electron chi connectivity index (χ2n) is 14.7. The summed E-state index contributed by atoms with van der Waals surface area (Å²) in [5.41, 5.74) is -0.00630. The van der Waals surface area contributed by atoms with Crippen molar-refractivity contribution in [1.29, 1.82) is 0 Å². The van der Waals surface area contributed by atoms with E-state index in [4.69, 9.17) is 20.9 Å². The van der Waals surface area contributed by atoms with Gasteiger partial charge in [-0.2, -0.15) is 0 Å². The lowest BCUT2D eigenvalue weighted by Crippen LogP contribution is -2.67. The molecule has 1 aromatic heterocycles. The van der Waals surface area contributed by atoms with Crippen molar-refractivity contribution >= 4 is 22.7 Å². The Morgan fingerprint density at radius 3 is 2.82 bits per heavy atom. The van der Waals surface area contributed by atoms with E-state index in [2.05, 4.69) is 26.1 Å². The van der Waals surface area contributed by atoms with Crippen molar-refractivity contribution in [3.63, 3.8) is 0 Å². The minimum Gasteiger partial charge on any atom is -0.508 e. The lowest BCUT2D eigenvalue weighted by molar-refractivity contribution is -0.0470. The Balaban J connectivity index is 1.14. The van der Waals surface area contributed by atoms with Gasteiger partial charge in [0, 0.05) is 66.6 Å². The van der Waals surface area contributed by atoms with Crippen LogP contribution >= 0.6 is 0 Å². The van der Waals surface area contributed by atoms with Gasteiger partial charge in [-0.25, -0.2) is 23.2 Å². The fraction of sp³-hybridized carbons (Fsp3) is 0.514. The molecule has 49 heavy (non-hydrogen) atoms. The predicted octanol–water partition coefficient (Wildman–Crippen LogP) is 4.88. The number of phenols is 1. The highest BCUT2D eigenvalue weighted by Crippen LogP contribution is 2.44. The zero-order valence-corrected chi connectivity index (χ0v) is 27.2. The molecule has 2 aromatic carbocycles. The minimum atomic E-state index is -0.925. The number of piperazine rings is 1. The number of aliphatic imine (C=N–C) groups is 1. The molecule has 2 bridgehead atoms. The highest BCUT2D eigenvalue weighted by Gasteiger charge is 2.52. The Kier molecular flexibility index (Phi) is 7.45. The number of pyridine rings is 1. The molecule has 1 saturated carbocycles. The molecule has 6 aliphatic rings. The van der Waals surface area contributed by atoms with Crippen LogP contribution in [0, 0.1) is 24.0 Å². The first-order chi connectivity index (χ1) is 23.7. The zero-order chi connectivity index (χ0) is 33.5. The number of aromatic hydroxyl groups is 1. The average Bonchev–Trinajstić information content (AvgIpc) is 3.67. The molecule has 4 saturated heterocycles. The van der Waals surface area contributed by atoms with Crippen molar-refractivity contribution in [2.24, 2.45) is 4.99 Å². The average molecular weight is 673 g/mol.